The Labute approximate surface area is 140 Å². The molecule has 0 unspecified atom stereocenters. The van der Waals surface area contributed by atoms with Crippen molar-refractivity contribution < 1.29 is 14.6 Å². The lowest BCUT2D eigenvalue weighted by Crippen LogP contribution is -1.98. The van der Waals surface area contributed by atoms with Crippen LogP contribution in [0, 0.1) is 0 Å². The molecule has 0 amide bonds. The maximum atomic E-state index is 11.0. The first-order chi connectivity index (χ1) is 11.2. The number of carboxylic acids is 1. The Morgan fingerprint density at radius 1 is 1.43 bits per heavy atom. The summed E-state index contributed by atoms with van der Waals surface area (Å²) in [6.45, 7) is 2.81. The smallest absolute Gasteiger partial charge is 0.359 e. The molecular formula is C14H14N4O3S2. The van der Waals surface area contributed by atoms with E-state index in [1.807, 2.05) is 18.2 Å². The number of rotatable bonds is 7. The summed E-state index contributed by atoms with van der Waals surface area (Å²) in [6.07, 6.45) is 2.10. The minimum atomic E-state index is -1.12. The summed E-state index contributed by atoms with van der Waals surface area (Å²) in [7, 11) is 0. The van der Waals surface area contributed by atoms with Crippen molar-refractivity contribution >= 4 is 39.3 Å². The predicted octanol–water partition coefficient (Wildman–Crippen LogP) is 3.44. The fraction of sp³-hybridized carbons (Fsp3) is 0.286. The van der Waals surface area contributed by atoms with E-state index in [-0.39, 0.29) is 5.69 Å². The van der Waals surface area contributed by atoms with Gasteiger partial charge in [0.2, 0.25) is 5.69 Å². The Morgan fingerprint density at radius 2 is 2.30 bits per heavy atom. The number of hydrogen-bond donors (Lipinski definition) is 2. The lowest BCUT2D eigenvalue weighted by atomic mass is 10.3. The summed E-state index contributed by atoms with van der Waals surface area (Å²) in [4.78, 5) is 15.5. The molecule has 0 aliphatic rings. The van der Waals surface area contributed by atoms with E-state index in [1.165, 1.54) is 23.1 Å². The molecule has 0 radical (unpaired) electrons. The number of aromatic carboxylic acids is 1. The van der Waals surface area contributed by atoms with Crippen LogP contribution >= 0.6 is 23.1 Å². The summed E-state index contributed by atoms with van der Waals surface area (Å²) in [5, 5.41) is 19.2. The third-order valence-electron chi connectivity index (χ3n) is 3.01. The molecule has 0 saturated carbocycles. The first-order valence-corrected chi connectivity index (χ1v) is 8.66. The first kappa shape index (κ1) is 15.8. The lowest BCUT2D eigenvalue weighted by molar-refractivity contribution is 0.0686. The highest BCUT2D eigenvalue weighted by Crippen LogP contribution is 2.35. The van der Waals surface area contributed by atoms with Crippen LogP contribution in [-0.2, 0) is 0 Å². The molecular weight excluding hydrogens is 336 g/mol. The highest BCUT2D eigenvalue weighted by molar-refractivity contribution is 8.01. The number of fused-ring (bicyclic) bond motifs is 1. The van der Waals surface area contributed by atoms with Gasteiger partial charge in [-0.25, -0.2) is 9.78 Å². The zero-order valence-electron chi connectivity index (χ0n) is 12.3. The van der Waals surface area contributed by atoms with Gasteiger partial charge in [0, 0.05) is 6.07 Å². The summed E-state index contributed by atoms with van der Waals surface area (Å²) in [6, 6.07) is 5.77. The Morgan fingerprint density at radius 3 is 3.09 bits per heavy atom. The van der Waals surface area contributed by atoms with Crippen LogP contribution in [0.25, 0.3) is 10.2 Å². The number of carbonyl (C=O) groups is 1. The van der Waals surface area contributed by atoms with Gasteiger partial charge in [-0.2, -0.15) is 5.21 Å². The van der Waals surface area contributed by atoms with Crippen molar-refractivity contribution in [2.75, 3.05) is 6.61 Å². The van der Waals surface area contributed by atoms with E-state index in [2.05, 4.69) is 27.3 Å². The van der Waals surface area contributed by atoms with Crippen LogP contribution in [0.5, 0.6) is 5.75 Å². The van der Waals surface area contributed by atoms with E-state index >= 15 is 0 Å². The molecule has 120 valence electrons. The van der Waals surface area contributed by atoms with E-state index in [0.717, 1.165) is 28.8 Å². The zero-order chi connectivity index (χ0) is 16.2. The number of ether oxygens (including phenoxy) is 1. The summed E-state index contributed by atoms with van der Waals surface area (Å²) in [5.74, 6) is -0.325. The number of benzene rings is 1. The maximum Gasteiger partial charge on any atom is 0.359 e. The van der Waals surface area contributed by atoms with E-state index in [9.17, 15) is 4.79 Å². The maximum absolute atomic E-state index is 11.0. The number of aromatic amines is 1. The van der Waals surface area contributed by atoms with Gasteiger partial charge >= 0.3 is 5.97 Å². The van der Waals surface area contributed by atoms with Crippen LogP contribution in [0.1, 0.15) is 30.3 Å². The van der Waals surface area contributed by atoms with Crippen LogP contribution in [0.3, 0.4) is 0 Å². The Balaban J connectivity index is 1.79. The fourth-order valence-electron chi connectivity index (χ4n) is 1.87. The highest BCUT2D eigenvalue weighted by Gasteiger charge is 2.18. The fourth-order valence-corrected chi connectivity index (χ4v) is 3.84. The number of thiazole rings is 1. The van der Waals surface area contributed by atoms with Crippen molar-refractivity contribution in [2.45, 2.75) is 29.1 Å². The summed E-state index contributed by atoms with van der Waals surface area (Å²) in [5.41, 5.74) is 0.727. The van der Waals surface area contributed by atoms with Gasteiger partial charge in [-0.15, -0.1) is 21.5 Å². The molecule has 0 saturated heterocycles. The minimum Gasteiger partial charge on any atom is -0.494 e. The van der Waals surface area contributed by atoms with Gasteiger partial charge in [0.05, 0.1) is 16.8 Å². The largest absolute Gasteiger partial charge is 0.494 e. The Bertz CT molecular complexity index is 830. The molecule has 2 aromatic heterocycles. The zero-order valence-corrected chi connectivity index (χ0v) is 13.9. The molecule has 0 bridgehead atoms. The molecule has 0 fully saturated rings. The van der Waals surface area contributed by atoms with Gasteiger partial charge in [-0.1, -0.05) is 13.3 Å². The number of nitrogens with zero attached hydrogens (tertiary/aromatic N) is 3. The van der Waals surface area contributed by atoms with Crippen molar-refractivity contribution in [3.05, 3.63) is 23.9 Å². The van der Waals surface area contributed by atoms with Gasteiger partial charge in [0.15, 0.2) is 9.37 Å². The quantitative estimate of drug-likeness (QED) is 0.629. The van der Waals surface area contributed by atoms with Crippen molar-refractivity contribution in [1.29, 1.82) is 0 Å². The first-order valence-electron chi connectivity index (χ1n) is 7.02. The minimum absolute atomic E-state index is 0.0992. The second kappa shape index (κ2) is 6.97. The van der Waals surface area contributed by atoms with E-state index in [0.29, 0.717) is 16.0 Å². The number of H-pyrrole nitrogens is 1. The van der Waals surface area contributed by atoms with Gasteiger partial charge in [-0.05, 0) is 30.3 Å². The lowest BCUT2D eigenvalue weighted by Gasteiger charge is -2.04. The molecule has 0 aliphatic carbocycles. The van der Waals surface area contributed by atoms with Crippen LogP contribution < -0.4 is 4.74 Å². The number of carboxylic acid groups (broad SMARTS) is 1. The third-order valence-corrected chi connectivity index (χ3v) is 5.08. The molecule has 2 N–H and O–H groups in total. The summed E-state index contributed by atoms with van der Waals surface area (Å²) >= 11 is 2.66. The van der Waals surface area contributed by atoms with E-state index in [1.54, 1.807) is 0 Å². The number of aromatic nitrogens is 4. The van der Waals surface area contributed by atoms with Crippen molar-refractivity contribution in [3.8, 4) is 5.75 Å². The van der Waals surface area contributed by atoms with Gasteiger partial charge in [0.1, 0.15) is 5.75 Å². The highest BCUT2D eigenvalue weighted by atomic mass is 32.2. The Hall–Kier alpha value is -2.13. The molecule has 3 aromatic rings. The Kier molecular flexibility index (Phi) is 4.77. The standard InChI is InChI=1S/C14H14N4O3S2/c1-2-3-6-21-8-4-5-10-9(7-8)15-14(22-10)23-12-11(13(19)20)16-18-17-12/h4-5,7H,2-3,6H2,1H3,(H,19,20)(H,16,17,18). The number of nitrogens with one attached hydrogen (secondary N) is 1. The third kappa shape index (κ3) is 3.62. The number of hydrogen-bond acceptors (Lipinski definition) is 7. The van der Waals surface area contributed by atoms with E-state index < -0.39 is 5.97 Å². The topological polar surface area (TPSA) is 101 Å². The van der Waals surface area contributed by atoms with E-state index in [4.69, 9.17) is 9.84 Å². The van der Waals surface area contributed by atoms with Crippen LogP contribution in [0.2, 0.25) is 0 Å². The van der Waals surface area contributed by atoms with Crippen LogP contribution in [-0.4, -0.2) is 38.1 Å². The van der Waals surface area contributed by atoms with Crippen molar-refractivity contribution in [2.24, 2.45) is 0 Å². The normalized spacial score (nSPS) is 11.0. The SMILES string of the molecule is CCCCOc1ccc2sc(Sc3n[nH]nc3C(=O)O)nc2c1. The van der Waals surface area contributed by atoms with Crippen molar-refractivity contribution in [3.63, 3.8) is 0 Å². The number of unbranched alkanes of at least 4 members (excludes halogenated alkanes) is 1. The average Bonchev–Trinajstić information content (AvgIpc) is 3.13. The second-order valence-corrected chi connectivity index (χ2v) is 6.96. The summed E-state index contributed by atoms with van der Waals surface area (Å²) < 4.78 is 7.39. The van der Waals surface area contributed by atoms with Gasteiger partial charge in [0.25, 0.3) is 0 Å². The molecule has 1 aromatic carbocycles. The molecule has 23 heavy (non-hydrogen) atoms. The molecule has 0 aliphatic heterocycles. The molecule has 9 heteroatoms. The average molecular weight is 350 g/mol. The molecule has 0 spiro atoms. The predicted molar refractivity (Wildman–Crippen MR) is 87.5 cm³/mol. The van der Waals surface area contributed by atoms with Gasteiger partial charge in [-0.3, -0.25) is 0 Å². The van der Waals surface area contributed by atoms with Crippen molar-refractivity contribution in [1.82, 2.24) is 20.4 Å². The molecule has 7 nitrogen and oxygen atoms in total. The molecule has 0 atom stereocenters. The molecule has 2 heterocycles. The van der Waals surface area contributed by atoms with Crippen LogP contribution in [0.4, 0.5) is 0 Å². The van der Waals surface area contributed by atoms with Gasteiger partial charge < -0.3 is 9.84 Å². The van der Waals surface area contributed by atoms with Crippen LogP contribution in [0.15, 0.2) is 27.6 Å². The molecule has 3 rings (SSSR count). The monoisotopic (exact) mass is 350 g/mol. The second-order valence-electron chi connectivity index (χ2n) is 4.70.